The van der Waals surface area contributed by atoms with Crippen LogP contribution in [0.15, 0.2) is 64.0 Å². The molecule has 0 saturated carbocycles. The topological polar surface area (TPSA) is 90.6 Å². The second-order valence-corrected chi connectivity index (χ2v) is 10.4. The molecule has 0 aromatic heterocycles. The highest BCUT2D eigenvalue weighted by Gasteiger charge is 2.15. The highest BCUT2D eigenvalue weighted by molar-refractivity contribution is 9.10. The van der Waals surface area contributed by atoms with E-state index in [9.17, 15) is 8.42 Å². The minimum atomic E-state index is -3.69. The molecule has 0 aliphatic rings. The Morgan fingerprint density at radius 2 is 1.70 bits per heavy atom. The summed E-state index contributed by atoms with van der Waals surface area (Å²) in [5, 5.41) is 9.50. The molecule has 3 aromatic carbocycles. The Labute approximate surface area is 212 Å². The number of nitrogens with one attached hydrogen (secondary N) is 1. The minimum absolute atomic E-state index is 0.100. The van der Waals surface area contributed by atoms with E-state index in [2.05, 4.69) is 21.2 Å². The Hall–Kier alpha value is -1.81. The van der Waals surface area contributed by atoms with Crippen molar-refractivity contribution in [3.8, 4) is 11.5 Å². The third kappa shape index (κ3) is 7.09. The number of sulfonamides is 1. The van der Waals surface area contributed by atoms with Gasteiger partial charge in [-0.15, -0.1) is 0 Å². The molecule has 0 unspecified atom stereocenters. The monoisotopic (exact) mass is 572 g/mol. The molecule has 0 heterocycles. The van der Waals surface area contributed by atoms with E-state index in [1.807, 2.05) is 18.2 Å². The molecule has 6 nitrogen and oxygen atoms in total. The van der Waals surface area contributed by atoms with Crippen LogP contribution in [0.4, 0.5) is 0 Å². The van der Waals surface area contributed by atoms with Crippen LogP contribution in [0.3, 0.4) is 0 Å². The first-order valence-corrected chi connectivity index (χ1v) is 13.0. The molecule has 10 heteroatoms. The third-order valence-electron chi connectivity index (χ3n) is 4.90. The van der Waals surface area contributed by atoms with Gasteiger partial charge in [0.15, 0.2) is 11.5 Å². The van der Waals surface area contributed by atoms with Gasteiger partial charge in [-0.25, -0.2) is 13.6 Å². The van der Waals surface area contributed by atoms with E-state index in [0.29, 0.717) is 47.7 Å². The number of rotatable bonds is 10. The zero-order chi connectivity index (χ0) is 24.0. The van der Waals surface area contributed by atoms with Gasteiger partial charge in [0.05, 0.1) is 22.1 Å². The van der Waals surface area contributed by atoms with Crippen molar-refractivity contribution in [3.05, 3.63) is 85.8 Å². The van der Waals surface area contributed by atoms with Crippen molar-refractivity contribution in [1.82, 2.24) is 5.32 Å². The molecule has 3 aromatic rings. The van der Waals surface area contributed by atoms with Gasteiger partial charge < -0.3 is 14.8 Å². The van der Waals surface area contributed by atoms with Gasteiger partial charge in [-0.2, -0.15) is 0 Å². The Morgan fingerprint density at radius 1 is 1.00 bits per heavy atom. The summed E-state index contributed by atoms with van der Waals surface area (Å²) < 4.78 is 35.3. The summed E-state index contributed by atoms with van der Waals surface area (Å²) in [7, 11) is -2.09. The molecule has 0 atom stereocenters. The molecule has 0 bridgehead atoms. The van der Waals surface area contributed by atoms with Gasteiger partial charge in [0.2, 0.25) is 10.0 Å². The first-order chi connectivity index (χ1) is 15.7. The number of methoxy groups -OCH3 is 1. The Bertz CT molecular complexity index is 1220. The Morgan fingerprint density at radius 3 is 2.33 bits per heavy atom. The maximum absolute atomic E-state index is 11.4. The fourth-order valence-corrected chi connectivity index (χ4v) is 4.43. The van der Waals surface area contributed by atoms with Gasteiger partial charge in [-0.05, 0) is 60.5 Å². The van der Waals surface area contributed by atoms with Gasteiger partial charge in [0.1, 0.15) is 6.61 Å². The SMILES string of the molecule is COc1ccc(Br)c(CNCCc2ccc(S(N)(=O)=O)cc2)c1OCc1ccc(Cl)c(Cl)c1. The van der Waals surface area contributed by atoms with Crippen LogP contribution in [0.5, 0.6) is 11.5 Å². The average Bonchev–Trinajstić information content (AvgIpc) is 2.78. The average molecular weight is 574 g/mol. The standard InChI is InChI=1S/C23H23BrCl2N2O4S/c1-31-22-9-7-19(24)18(23(22)32-14-16-4-8-20(25)21(26)12-16)13-28-11-10-15-2-5-17(6-3-15)33(27,29)30/h2-9,12,28H,10-11,13-14H2,1H3,(H2,27,29,30). The summed E-state index contributed by atoms with van der Waals surface area (Å²) >= 11 is 15.7. The fourth-order valence-electron chi connectivity index (χ4n) is 3.14. The van der Waals surface area contributed by atoms with Crippen LogP contribution in [-0.2, 0) is 29.6 Å². The lowest BCUT2D eigenvalue weighted by atomic mass is 10.1. The largest absolute Gasteiger partial charge is 0.493 e. The number of halogens is 3. The predicted molar refractivity (Wildman–Crippen MR) is 135 cm³/mol. The summed E-state index contributed by atoms with van der Waals surface area (Å²) in [6, 6.07) is 15.7. The summed E-state index contributed by atoms with van der Waals surface area (Å²) in [5.74, 6) is 1.25. The van der Waals surface area contributed by atoms with Crippen LogP contribution in [0.25, 0.3) is 0 Å². The quantitative estimate of drug-likeness (QED) is 0.320. The van der Waals surface area contributed by atoms with Crippen LogP contribution in [0.1, 0.15) is 16.7 Å². The first-order valence-electron chi connectivity index (χ1n) is 9.93. The predicted octanol–water partition coefficient (Wildman–Crippen LogP) is 5.32. The molecule has 176 valence electrons. The van der Waals surface area contributed by atoms with Crippen molar-refractivity contribution in [2.24, 2.45) is 5.14 Å². The molecular weight excluding hydrogens is 551 g/mol. The zero-order valence-electron chi connectivity index (χ0n) is 17.8. The van der Waals surface area contributed by atoms with E-state index in [4.69, 9.17) is 37.8 Å². The molecule has 0 fully saturated rings. The summed E-state index contributed by atoms with van der Waals surface area (Å²) in [4.78, 5) is 0.100. The normalized spacial score (nSPS) is 11.4. The second kappa shape index (κ2) is 11.6. The molecule has 0 spiro atoms. The second-order valence-electron chi connectivity index (χ2n) is 7.21. The van der Waals surface area contributed by atoms with Crippen LogP contribution >= 0.6 is 39.1 Å². The highest BCUT2D eigenvalue weighted by atomic mass is 79.9. The van der Waals surface area contributed by atoms with Crippen LogP contribution in [-0.4, -0.2) is 22.1 Å². The highest BCUT2D eigenvalue weighted by Crippen LogP contribution is 2.37. The summed E-state index contributed by atoms with van der Waals surface area (Å²) in [5.41, 5.74) is 2.79. The summed E-state index contributed by atoms with van der Waals surface area (Å²) in [6.45, 7) is 1.50. The van der Waals surface area contributed by atoms with Crippen molar-refractivity contribution < 1.29 is 17.9 Å². The number of primary sulfonamides is 1. The molecule has 3 N–H and O–H groups in total. The molecule has 0 aliphatic heterocycles. The zero-order valence-corrected chi connectivity index (χ0v) is 21.7. The van der Waals surface area contributed by atoms with Crippen LogP contribution in [0.2, 0.25) is 10.0 Å². The lowest BCUT2D eigenvalue weighted by molar-refractivity contribution is 0.280. The molecular formula is C23H23BrCl2N2O4S. The van der Waals surface area contributed by atoms with E-state index >= 15 is 0 Å². The Kier molecular flexibility index (Phi) is 9.03. The lowest BCUT2D eigenvalue weighted by Gasteiger charge is -2.17. The maximum Gasteiger partial charge on any atom is 0.238 e. The smallest absolute Gasteiger partial charge is 0.238 e. The van der Waals surface area contributed by atoms with Crippen molar-refractivity contribution in [1.29, 1.82) is 0 Å². The number of hydrogen-bond donors (Lipinski definition) is 2. The Balaban J connectivity index is 1.66. The molecule has 0 saturated heterocycles. The van der Waals surface area contributed by atoms with Gasteiger partial charge in [0, 0.05) is 16.6 Å². The van der Waals surface area contributed by atoms with E-state index in [-0.39, 0.29) is 4.90 Å². The van der Waals surface area contributed by atoms with E-state index < -0.39 is 10.0 Å². The van der Waals surface area contributed by atoms with E-state index in [0.717, 1.165) is 21.2 Å². The first kappa shape index (κ1) is 25.8. The molecule has 33 heavy (non-hydrogen) atoms. The fraction of sp³-hybridized carbons (Fsp3) is 0.217. The number of ether oxygens (including phenoxy) is 2. The van der Waals surface area contributed by atoms with E-state index in [1.165, 1.54) is 12.1 Å². The van der Waals surface area contributed by atoms with Crippen LogP contribution in [0, 0.1) is 0 Å². The summed E-state index contributed by atoms with van der Waals surface area (Å²) in [6.07, 6.45) is 0.714. The minimum Gasteiger partial charge on any atom is -0.493 e. The van der Waals surface area contributed by atoms with Crippen molar-refractivity contribution in [2.75, 3.05) is 13.7 Å². The van der Waals surface area contributed by atoms with Crippen molar-refractivity contribution >= 4 is 49.2 Å². The van der Waals surface area contributed by atoms with Crippen molar-refractivity contribution in [3.63, 3.8) is 0 Å². The van der Waals surface area contributed by atoms with Gasteiger partial charge in [0.25, 0.3) is 0 Å². The maximum atomic E-state index is 11.4. The van der Waals surface area contributed by atoms with Gasteiger partial charge >= 0.3 is 0 Å². The van der Waals surface area contributed by atoms with Gasteiger partial charge in [-0.3, -0.25) is 0 Å². The number of benzene rings is 3. The van der Waals surface area contributed by atoms with E-state index in [1.54, 1.807) is 31.4 Å². The number of hydrogen-bond acceptors (Lipinski definition) is 5. The lowest BCUT2D eigenvalue weighted by Crippen LogP contribution is -2.18. The van der Waals surface area contributed by atoms with Gasteiger partial charge in [-0.1, -0.05) is 57.3 Å². The molecule has 0 radical (unpaired) electrons. The third-order valence-corrected chi connectivity index (χ3v) is 7.31. The van der Waals surface area contributed by atoms with Crippen molar-refractivity contribution in [2.45, 2.75) is 24.5 Å². The number of nitrogens with two attached hydrogens (primary N) is 1. The van der Waals surface area contributed by atoms with Crippen LogP contribution < -0.4 is 19.9 Å². The molecule has 3 rings (SSSR count). The molecule has 0 amide bonds. The molecule has 0 aliphatic carbocycles.